The first kappa shape index (κ1) is 6.34. The number of hydrogen-bond donors (Lipinski definition) is 0. The molecule has 1 aromatic heterocycles. The normalized spacial score (nSPS) is 15.1. The summed E-state index contributed by atoms with van der Waals surface area (Å²) < 4.78 is 3.28. The van der Waals surface area contributed by atoms with Gasteiger partial charge in [0.25, 0.3) is 0 Å². The van der Waals surface area contributed by atoms with E-state index in [1.54, 1.807) is 16.2 Å². The molecule has 1 aliphatic heterocycles. The van der Waals surface area contributed by atoms with Gasteiger partial charge >= 0.3 is 6.03 Å². The molecular weight excluding hydrogens is 140 g/mol. The van der Waals surface area contributed by atoms with Crippen LogP contribution in [0.5, 0.6) is 0 Å². The summed E-state index contributed by atoms with van der Waals surface area (Å²) in [7, 11) is 1.76. The molecule has 2 rings (SSSR count). The van der Waals surface area contributed by atoms with Crippen molar-refractivity contribution in [1.82, 2.24) is 4.57 Å². The van der Waals surface area contributed by atoms with E-state index in [-0.39, 0.29) is 6.03 Å². The maximum Gasteiger partial charge on any atom is 0.503 e. The molecule has 3 heteroatoms. The van der Waals surface area contributed by atoms with E-state index >= 15 is 0 Å². The van der Waals surface area contributed by atoms with E-state index in [1.807, 2.05) is 25.3 Å². The van der Waals surface area contributed by atoms with Gasteiger partial charge in [0.15, 0.2) is 5.69 Å². The smallest absolute Gasteiger partial charge is 0.196 e. The first-order chi connectivity index (χ1) is 5.20. The van der Waals surface area contributed by atoms with Gasteiger partial charge in [-0.25, -0.2) is 0 Å². The van der Waals surface area contributed by atoms with Crippen LogP contribution < -0.4 is 0 Å². The quantitative estimate of drug-likeness (QED) is 0.502. The highest BCUT2D eigenvalue weighted by Crippen LogP contribution is 2.10. The molecule has 11 heavy (non-hydrogen) atoms. The van der Waals surface area contributed by atoms with Crippen molar-refractivity contribution in [2.75, 3.05) is 7.05 Å². The summed E-state index contributed by atoms with van der Waals surface area (Å²) in [4.78, 5) is 11.3. The van der Waals surface area contributed by atoms with Crippen LogP contribution in [0.1, 0.15) is 11.4 Å². The van der Waals surface area contributed by atoms with Crippen molar-refractivity contribution in [2.45, 2.75) is 6.92 Å². The van der Waals surface area contributed by atoms with Crippen molar-refractivity contribution >= 4 is 12.2 Å². The van der Waals surface area contributed by atoms with Gasteiger partial charge in [-0.15, -0.1) is 0 Å². The highest BCUT2D eigenvalue weighted by Gasteiger charge is 2.28. The second-order valence-corrected chi connectivity index (χ2v) is 2.76. The minimum absolute atomic E-state index is 0.0301. The number of carbonyl (C=O) groups is 1. The van der Waals surface area contributed by atoms with E-state index in [4.69, 9.17) is 0 Å². The molecule has 1 aromatic rings. The Balaban J connectivity index is 2.69. The maximum atomic E-state index is 11.3. The summed E-state index contributed by atoms with van der Waals surface area (Å²) in [6.07, 6.45) is 1.83. The Hall–Kier alpha value is -1.38. The Labute approximate surface area is 64.6 Å². The number of aryl methyl sites for hydroxylation is 1. The topological polar surface area (TPSA) is 25.0 Å². The van der Waals surface area contributed by atoms with Crippen LogP contribution in [0.15, 0.2) is 12.1 Å². The van der Waals surface area contributed by atoms with Crippen LogP contribution in [0.3, 0.4) is 0 Å². The van der Waals surface area contributed by atoms with Gasteiger partial charge in [0.1, 0.15) is 11.9 Å². The largest absolute Gasteiger partial charge is 0.503 e. The molecule has 0 fully saturated rings. The Morgan fingerprint density at radius 1 is 1.45 bits per heavy atom. The summed E-state index contributed by atoms with van der Waals surface area (Å²) in [5.74, 6) is 0. The van der Waals surface area contributed by atoms with E-state index in [0.29, 0.717) is 0 Å². The first-order valence-corrected chi connectivity index (χ1v) is 3.50. The number of aromatic nitrogens is 1. The zero-order valence-electron chi connectivity index (χ0n) is 6.53. The van der Waals surface area contributed by atoms with Gasteiger partial charge in [-0.2, -0.15) is 13.9 Å². The molecular formula is C8H9N2O+. The fourth-order valence-electron chi connectivity index (χ4n) is 1.33. The predicted octanol–water partition coefficient (Wildman–Crippen LogP) is 0.839. The minimum atomic E-state index is 0.0301. The number of hydrogen-bond acceptors (Lipinski definition) is 1. The van der Waals surface area contributed by atoms with Crippen LogP contribution >= 0.6 is 0 Å². The lowest BCUT2D eigenvalue weighted by molar-refractivity contribution is -0.383. The fraction of sp³-hybridized carbons (Fsp3) is 0.250. The van der Waals surface area contributed by atoms with Crippen molar-refractivity contribution in [1.29, 1.82) is 0 Å². The van der Waals surface area contributed by atoms with Crippen molar-refractivity contribution in [3.63, 3.8) is 0 Å². The molecule has 0 saturated heterocycles. The predicted molar refractivity (Wildman–Crippen MR) is 41.3 cm³/mol. The molecule has 3 nitrogen and oxygen atoms in total. The number of carbonyl (C=O) groups excluding carboxylic acids is 1. The van der Waals surface area contributed by atoms with E-state index in [1.165, 1.54) is 0 Å². The van der Waals surface area contributed by atoms with Gasteiger partial charge in [0.2, 0.25) is 0 Å². The second-order valence-electron chi connectivity index (χ2n) is 2.76. The molecule has 0 radical (unpaired) electrons. The highest BCUT2D eigenvalue weighted by atomic mass is 16.2. The molecule has 2 heterocycles. The summed E-state index contributed by atoms with van der Waals surface area (Å²) in [5, 5.41) is 0. The zero-order valence-corrected chi connectivity index (χ0v) is 6.53. The molecule has 1 amide bonds. The summed E-state index contributed by atoms with van der Waals surface area (Å²) in [5.41, 5.74) is 1.96. The molecule has 0 aliphatic carbocycles. The molecule has 0 bridgehead atoms. The minimum Gasteiger partial charge on any atom is -0.196 e. The van der Waals surface area contributed by atoms with Gasteiger partial charge in [-0.05, 0) is 19.1 Å². The number of nitrogens with zero attached hydrogens (tertiary/aromatic N) is 2. The van der Waals surface area contributed by atoms with Gasteiger partial charge < -0.3 is 0 Å². The zero-order chi connectivity index (χ0) is 8.01. The van der Waals surface area contributed by atoms with E-state index in [0.717, 1.165) is 11.4 Å². The van der Waals surface area contributed by atoms with Crippen molar-refractivity contribution in [2.24, 2.45) is 0 Å². The van der Waals surface area contributed by atoms with Gasteiger partial charge in [0.05, 0.1) is 7.05 Å². The van der Waals surface area contributed by atoms with Crippen LogP contribution in [0, 0.1) is 6.92 Å². The molecule has 1 aliphatic rings. The average molecular weight is 149 g/mol. The third-order valence-electron chi connectivity index (χ3n) is 1.93. The molecule has 0 atom stereocenters. The Kier molecular flexibility index (Phi) is 1.04. The first-order valence-electron chi connectivity index (χ1n) is 3.50. The van der Waals surface area contributed by atoms with Gasteiger partial charge in [-0.1, -0.05) is 0 Å². The molecule has 56 valence electrons. The fourth-order valence-corrected chi connectivity index (χ4v) is 1.33. The summed E-state index contributed by atoms with van der Waals surface area (Å²) >= 11 is 0. The molecule has 0 aromatic carbocycles. The van der Waals surface area contributed by atoms with Crippen molar-refractivity contribution < 1.29 is 9.37 Å². The molecule has 0 unspecified atom stereocenters. The van der Waals surface area contributed by atoms with Crippen LogP contribution in [0.25, 0.3) is 0 Å². The third-order valence-corrected chi connectivity index (χ3v) is 1.93. The van der Waals surface area contributed by atoms with Crippen molar-refractivity contribution in [3.8, 4) is 0 Å². The standard InChI is InChI=1S/C8H9N2O/c1-6-3-4-7-5-9(2)8(11)10(6)7/h3-5H,1-2H3/q+1. The second kappa shape index (κ2) is 1.81. The van der Waals surface area contributed by atoms with Gasteiger partial charge in [-0.3, -0.25) is 0 Å². The summed E-state index contributed by atoms with van der Waals surface area (Å²) in [6.45, 7) is 1.92. The van der Waals surface area contributed by atoms with E-state index < -0.39 is 0 Å². The molecule has 0 saturated carbocycles. The number of amides is 1. The lowest BCUT2D eigenvalue weighted by atomic mass is 10.4. The van der Waals surface area contributed by atoms with Crippen LogP contribution in [-0.2, 0) is 0 Å². The molecule has 0 spiro atoms. The third kappa shape index (κ3) is 0.677. The highest BCUT2D eigenvalue weighted by molar-refractivity contribution is 5.90. The van der Waals surface area contributed by atoms with E-state index in [2.05, 4.69) is 0 Å². The summed E-state index contributed by atoms with van der Waals surface area (Å²) in [6, 6.07) is 3.91. The van der Waals surface area contributed by atoms with Crippen molar-refractivity contribution in [3.05, 3.63) is 23.5 Å². The van der Waals surface area contributed by atoms with Crippen LogP contribution in [0.4, 0.5) is 4.79 Å². The number of rotatable bonds is 0. The van der Waals surface area contributed by atoms with Crippen LogP contribution in [-0.4, -0.2) is 28.4 Å². The number of fused-ring (bicyclic) bond motifs is 1. The SMILES string of the molecule is Cc1ccc2n1C(=O)[N+](C)=C2. The Bertz CT molecular complexity index is 360. The lowest BCUT2D eigenvalue weighted by Gasteiger charge is -1.89. The van der Waals surface area contributed by atoms with Gasteiger partial charge in [0, 0.05) is 0 Å². The molecule has 0 N–H and O–H groups in total. The maximum absolute atomic E-state index is 11.3. The van der Waals surface area contributed by atoms with E-state index in [9.17, 15) is 4.79 Å². The lowest BCUT2D eigenvalue weighted by Crippen LogP contribution is -2.16. The monoisotopic (exact) mass is 149 g/mol. The Morgan fingerprint density at radius 2 is 2.18 bits per heavy atom. The van der Waals surface area contributed by atoms with Crippen LogP contribution in [0.2, 0.25) is 0 Å². The Morgan fingerprint density at radius 3 is 2.82 bits per heavy atom. The average Bonchev–Trinajstić information content (AvgIpc) is 2.41.